The van der Waals surface area contributed by atoms with Crippen molar-refractivity contribution in [2.45, 2.75) is 44.2 Å². The van der Waals surface area contributed by atoms with Crippen molar-refractivity contribution < 1.29 is 19.1 Å². The van der Waals surface area contributed by atoms with Crippen LogP contribution in [0.15, 0.2) is 18.2 Å². The number of amides is 4. The Kier molecular flexibility index (Phi) is 4.28. The molecule has 1 aromatic rings. The van der Waals surface area contributed by atoms with E-state index in [2.05, 4.69) is 10.6 Å². The van der Waals surface area contributed by atoms with Gasteiger partial charge in [0, 0.05) is 6.07 Å². The fourth-order valence-electron chi connectivity index (χ4n) is 3.44. The van der Waals surface area contributed by atoms with Crippen LogP contribution in [0.5, 0.6) is 5.75 Å². The standard InChI is InChI=1S/C17H22N4O4/c1-10(14(22)19-13-9-11(25-2)5-6-12(13)18)21-15(23)17(20-16(21)24)7-3-4-8-17/h5-6,9-10H,3-4,7-8,18H2,1-2H3,(H,19,22)(H,20,24). The average molecular weight is 346 g/mol. The molecule has 25 heavy (non-hydrogen) atoms. The third kappa shape index (κ3) is 2.88. The molecule has 3 rings (SSSR count). The number of ether oxygens (including phenoxy) is 1. The summed E-state index contributed by atoms with van der Waals surface area (Å²) in [6.07, 6.45) is 3.01. The Hall–Kier alpha value is -2.77. The van der Waals surface area contributed by atoms with Gasteiger partial charge in [-0.15, -0.1) is 0 Å². The highest BCUT2D eigenvalue weighted by molar-refractivity contribution is 6.11. The number of hydrogen-bond donors (Lipinski definition) is 3. The monoisotopic (exact) mass is 346 g/mol. The van der Waals surface area contributed by atoms with E-state index in [1.807, 2.05) is 0 Å². The minimum Gasteiger partial charge on any atom is -0.497 e. The summed E-state index contributed by atoms with van der Waals surface area (Å²) in [7, 11) is 1.51. The van der Waals surface area contributed by atoms with E-state index in [1.165, 1.54) is 14.0 Å². The molecule has 0 aromatic heterocycles. The number of imide groups is 1. The molecule has 4 amide bonds. The lowest BCUT2D eigenvalue weighted by Gasteiger charge is -2.23. The van der Waals surface area contributed by atoms with Crippen molar-refractivity contribution >= 4 is 29.2 Å². The maximum atomic E-state index is 12.7. The lowest BCUT2D eigenvalue weighted by molar-refractivity contribution is -0.136. The Morgan fingerprint density at radius 2 is 2.04 bits per heavy atom. The summed E-state index contributed by atoms with van der Waals surface area (Å²) in [6, 6.07) is 3.41. The Bertz CT molecular complexity index is 727. The van der Waals surface area contributed by atoms with Gasteiger partial charge >= 0.3 is 6.03 Å². The molecule has 1 saturated heterocycles. The van der Waals surface area contributed by atoms with Crippen LogP contribution in [0.2, 0.25) is 0 Å². The molecule has 0 bridgehead atoms. The minimum atomic E-state index is -0.946. The van der Waals surface area contributed by atoms with Crippen molar-refractivity contribution in [2.24, 2.45) is 0 Å². The van der Waals surface area contributed by atoms with Gasteiger partial charge in [0.2, 0.25) is 5.91 Å². The van der Waals surface area contributed by atoms with Crippen LogP contribution in [0.4, 0.5) is 16.2 Å². The Morgan fingerprint density at radius 1 is 1.36 bits per heavy atom. The number of methoxy groups -OCH3 is 1. The smallest absolute Gasteiger partial charge is 0.325 e. The van der Waals surface area contributed by atoms with Crippen molar-refractivity contribution in [3.8, 4) is 5.75 Å². The van der Waals surface area contributed by atoms with Crippen LogP contribution in [0.25, 0.3) is 0 Å². The van der Waals surface area contributed by atoms with E-state index in [0.29, 0.717) is 30.0 Å². The van der Waals surface area contributed by atoms with Gasteiger partial charge in [0.25, 0.3) is 5.91 Å². The van der Waals surface area contributed by atoms with Gasteiger partial charge in [-0.3, -0.25) is 9.59 Å². The van der Waals surface area contributed by atoms with Gasteiger partial charge in [-0.1, -0.05) is 12.8 Å². The first-order chi connectivity index (χ1) is 11.9. The molecule has 4 N–H and O–H groups in total. The summed E-state index contributed by atoms with van der Waals surface area (Å²) >= 11 is 0. The first-order valence-electron chi connectivity index (χ1n) is 8.28. The predicted octanol–water partition coefficient (Wildman–Crippen LogP) is 1.47. The number of anilines is 2. The molecule has 1 saturated carbocycles. The molecule has 1 spiro atoms. The van der Waals surface area contributed by atoms with Crippen LogP contribution in [-0.2, 0) is 9.59 Å². The van der Waals surface area contributed by atoms with E-state index in [9.17, 15) is 14.4 Å². The number of urea groups is 1. The zero-order valence-corrected chi connectivity index (χ0v) is 14.3. The van der Waals surface area contributed by atoms with E-state index in [0.717, 1.165) is 17.7 Å². The normalized spacial score (nSPS) is 19.8. The number of nitrogens with two attached hydrogens (primary N) is 1. The maximum absolute atomic E-state index is 12.7. The molecule has 1 heterocycles. The molecule has 1 atom stereocenters. The second-order valence-electron chi connectivity index (χ2n) is 6.51. The van der Waals surface area contributed by atoms with Gasteiger partial charge < -0.3 is 21.1 Å². The van der Waals surface area contributed by atoms with Crippen LogP contribution in [-0.4, -0.2) is 41.4 Å². The summed E-state index contributed by atoms with van der Waals surface area (Å²) in [5, 5.41) is 5.43. The predicted molar refractivity (Wildman–Crippen MR) is 92.1 cm³/mol. The number of nitrogens with zero attached hydrogens (tertiary/aromatic N) is 1. The Labute approximate surface area is 145 Å². The zero-order valence-electron chi connectivity index (χ0n) is 14.3. The van der Waals surface area contributed by atoms with E-state index in [4.69, 9.17) is 10.5 Å². The minimum absolute atomic E-state index is 0.323. The lowest BCUT2D eigenvalue weighted by Crippen LogP contribution is -2.48. The number of carbonyl (C=O) groups is 3. The summed E-state index contributed by atoms with van der Waals surface area (Å²) in [4.78, 5) is 38.6. The number of carbonyl (C=O) groups excluding carboxylic acids is 3. The van der Waals surface area contributed by atoms with E-state index in [-0.39, 0.29) is 5.91 Å². The van der Waals surface area contributed by atoms with Crippen molar-refractivity contribution in [3.05, 3.63) is 18.2 Å². The summed E-state index contributed by atoms with van der Waals surface area (Å²) in [6.45, 7) is 1.52. The SMILES string of the molecule is COc1ccc(N)c(NC(=O)C(C)N2C(=O)NC3(CCCC3)C2=O)c1. The molecule has 1 unspecified atom stereocenters. The quantitative estimate of drug-likeness (QED) is 0.564. The largest absolute Gasteiger partial charge is 0.497 e. The number of rotatable bonds is 4. The second-order valence-corrected chi connectivity index (χ2v) is 6.51. The van der Waals surface area contributed by atoms with Crippen molar-refractivity contribution in [1.82, 2.24) is 10.2 Å². The Morgan fingerprint density at radius 3 is 2.68 bits per heavy atom. The molecule has 0 radical (unpaired) electrons. The molecule has 1 aromatic carbocycles. The molecule has 134 valence electrons. The van der Waals surface area contributed by atoms with Crippen LogP contribution < -0.4 is 21.1 Å². The number of benzene rings is 1. The molecule has 1 aliphatic carbocycles. The van der Waals surface area contributed by atoms with Gasteiger partial charge in [0.1, 0.15) is 17.3 Å². The first-order valence-corrected chi connectivity index (χ1v) is 8.28. The fourth-order valence-corrected chi connectivity index (χ4v) is 3.44. The van der Waals surface area contributed by atoms with Gasteiger partial charge in [0.05, 0.1) is 18.5 Å². The van der Waals surface area contributed by atoms with Crippen molar-refractivity contribution in [2.75, 3.05) is 18.2 Å². The first kappa shape index (κ1) is 17.1. The summed E-state index contributed by atoms with van der Waals surface area (Å²) in [5.74, 6) is -0.271. The van der Waals surface area contributed by atoms with Crippen LogP contribution >= 0.6 is 0 Å². The van der Waals surface area contributed by atoms with E-state index < -0.39 is 23.5 Å². The van der Waals surface area contributed by atoms with Crippen LogP contribution in [0.1, 0.15) is 32.6 Å². The number of nitrogen functional groups attached to an aromatic ring is 1. The fraction of sp³-hybridized carbons (Fsp3) is 0.471. The third-order valence-corrected chi connectivity index (χ3v) is 4.94. The highest BCUT2D eigenvalue weighted by Gasteiger charge is 2.54. The highest BCUT2D eigenvalue weighted by Crippen LogP contribution is 2.36. The molecular formula is C17H22N4O4. The zero-order chi connectivity index (χ0) is 18.2. The highest BCUT2D eigenvalue weighted by atomic mass is 16.5. The average Bonchev–Trinajstić information content (AvgIpc) is 3.15. The topological polar surface area (TPSA) is 114 Å². The van der Waals surface area contributed by atoms with Gasteiger partial charge in [-0.05, 0) is 31.9 Å². The van der Waals surface area contributed by atoms with E-state index >= 15 is 0 Å². The molecule has 8 heteroatoms. The van der Waals surface area contributed by atoms with E-state index in [1.54, 1.807) is 18.2 Å². The van der Waals surface area contributed by atoms with Crippen LogP contribution in [0, 0.1) is 0 Å². The van der Waals surface area contributed by atoms with Crippen LogP contribution in [0.3, 0.4) is 0 Å². The summed E-state index contributed by atoms with van der Waals surface area (Å²) < 4.78 is 5.11. The maximum Gasteiger partial charge on any atom is 0.325 e. The third-order valence-electron chi connectivity index (χ3n) is 4.94. The molecule has 1 aliphatic heterocycles. The molecule has 8 nitrogen and oxygen atoms in total. The number of hydrogen-bond acceptors (Lipinski definition) is 5. The van der Waals surface area contributed by atoms with Crippen molar-refractivity contribution in [1.29, 1.82) is 0 Å². The number of nitrogens with one attached hydrogen (secondary N) is 2. The molecule has 2 aliphatic rings. The van der Waals surface area contributed by atoms with Gasteiger partial charge in [-0.25, -0.2) is 9.69 Å². The summed E-state index contributed by atoms with van der Waals surface area (Å²) in [5.41, 5.74) is 5.77. The lowest BCUT2D eigenvalue weighted by atomic mass is 9.97. The Balaban J connectivity index is 1.77. The van der Waals surface area contributed by atoms with Gasteiger partial charge in [0.15, 0.2) is 0 Å². The van der Waals surface area contributed by atoms with Crippen molar-refractivity contribution in [3.63, 3.8) is 0 Å². The molecule has 2 fully saturated rings. The van der Waals surface area contributed by atoms with Gasteiger partial charge in [-0.2, -0.15) is 0 Å². The molecular weight excluding hydrogens is 324 g/mol. The second kappa shape index (κ2) is 6.27.